The van der Waals surface area contributed by atoms with Crippen molar-refractivity contribution in [1.29, 1.82) is 0 Å². The van der Waals surface area contributed by atoms with Gasteiger partial charge >= 0.3 is 0 Å². The van der Waals surface area contributed by atoms with Gasteiger partial charge in [-0.15, -0.1) is 0 Å². The lowest BCUT2D eigenvalue weighted by Gasteiger charge is -2.28. The lowest BCUT2D eigenvalue weighted by molar-refractivity contribution is 0.0995. The van der Waals surface area contributed by atoms with Crippen molar-refractivity contribution in [3.8, 4) is 5.95 Å². The van der Waals surface area contributed by atoms with Crippen LogP contribution in [-0.2, 0) is 11.3 Å². The molecule has 1 aliphatic rings. The Kier molecular flexibility index (Phi) is 4.75. The molecule has 2 aromatic rings. The van der Waals surface area contributed by atoms with Gasteiger partial charge in [0.15, 0.2) is 0 Å². The minimum absolute atomic E-state index is 0.204. The summed E-state index contributed by atoms with van der Waals surface area (Å²) in [4.78, 5) is 22.9. The number of primary amides is 1. The van der Waals surface area contributed by atoms with E-state index in [1.54, 1.807) is 19.5 Å². The number of aromatic nitrogens is 4. The topological polar surface area (TPSA) is 99.2 Å². The Balaban J connectivity index is 1.97. The predicted molar refractivity (Wildman–Crippen MR) is 89.2 cm³/mol. The van der Waals surface area contributed by atoms with Crippen LogP contribution >= 0.6 is 0 Å². The zero-order chi connectivity index (χ0) is 17.1. The smallest absolute Gasteiger partial charge is 0.252 e. The van der Waals surface area contributed by atoms with E-state index in [0.29, 0.717) is 17.2 Å². The van der Waals surface area contributed by atoms with E-state index in [-0.39, 0.29) is 6.61 Å². The molecule has 0 saturated carbocycles. The van der Waals surface area contributed by atoms with Crippen molar-refractivity contribution >= 4 is 11.7 Å². The van der Waals surface area contributed by atoms with Crippen LogP contribution in [0.25, 0.3) is 5.95 Å². The number of methoxy groups -OCH3 is 1. The number of aryl methyl sites for hydroxylation is 1. The number of rotatable bonds is 5. The standard InChI is InChI=1S/C16H22N6O2/c1-11-8-18-16(19-15(11)21-6-4-3-5-7-21)22-9-12(14(17)23)13(20-22)10-24-2/h8-9H,3-7,10H2,1-2H3,(H2,17,23). The number of carbonyl (C=O) groups is 1. The first-order valence-corrected chi connectivity index (χ1v) is 8.06. The summed E-state index contributed by atoms with van der Waals surface area (Å²) >= 11 is 0. The molecule has 0 aromatic carbocycles. The monoisotopic (exact) mass is 330 g/mol. The molecule has 0 atom stereocenters. The molecule has 0 unspecified atom stereocenters. The van der Waals surface area contributed by atoms with E-state index in [4.69, 9.17) is 10.5 Å². The summed E-state index contributed by atoms with van der Waals surface area (Å²) in [5.41, 5.74) is 7.24. The Morgan fingerprint density at radius 2 is 2.08 bits per heavy atom. The first-order chi connectivity index (χ1) is 11.6. The number of hydrogen-bond donors (Lipinski definition) is 1. The number of piperidine rings is 1. The summed E-state index contributed by atoms with van der Waals surface area (Å²) < 4.78 is 6.56. The van der Waals surface area contributed by atoms with E-state index < -0.39 is 5.91 Å². The van der Waals surface area contributed by atoms with Crippen LogP contribution in [0, 0.1) is 6.92 Å². The van der Waals surface area contributed by atoms with E-state index in [2.05, 4.69) is 20.0 Å². The number of hydrogen-bond acceptors (Lipinski definition) is 6. The van der Waals surface area contributed by atoms with Crippen molar-refractivity contribution in [3.05, 3.63) is 29.2 Å². The molecule has 1 amide bonds. The number of ether oxygens (including phenoxy) is 1. The Morgan fingerprint density at radius 1 is 1.33 bits per heavy atom. The maximum Gasteiger partial charge on any atom is 0.252 e. The van der Waals surface area contributed by atoms with Gasteiger partial charge < -0.3 is 15.4 Å². The van der Waals surface area contributed by atoms with Crippen LogP contribution in [0.5, 0.6) is 0 Å². The van der Waals surface area contributed by atoms with Gasteiger partial charge in [-0.1, -0.05) is 0 Å². The highest BCUT2D eigenvalue weighted by Gasteiger charge is 2.19. The lowest BCUT2D eigenvalue weighted by Crippen LogP contribution is -2.31. The van der Waals surface area contributed by atoms with E-state index in [9.17, 15) is 4.79 Å². The molecule has 3 rings (SSSR count). The summed E-state index contributed by atoms with van der Waals surface area (Å²) in [5.74, 6) is 0.798. The van der Waals surface area contributed by atoms with Crippen molar-refractivity contribution in [3.63, 3.8) is 0 Å². The van der Waals surface area contributed by atoms with Crippen molar-refractivity contribution in [2.45, 2.75) is 32.8 Å². The average molecular weight is 330 g/mol. The Morgan fingerprint density at radius 3 is 2.75 bits per heavy atom. The SMILES string of the molecule is COCc1nn(-c2ncc(C)c(N3CCCCC3)n2)cc1C(N)=O. The quantitative estimate of drug-likeness (QED) is 0.884. The van der Waals surface area contributed by atoms with Gasteiger partial charge in [0.05, 0.1) is 12.2 Å². The number of anilines is 1. The van der Waals surface area contributed by atoms with Crippen LogP contribution < -0.4 is 10.6 Å². The van der Waals surface area contributed by atoms with Gasteiger partial charge in [0.1, 0.15) is 11.5 Å². The number of nitrogens with two attached hydrogens (primary N) is 1. The van der Waals surface area contributed by atoms with Crippen LogP contribution in [0.2, 0.25) is 0 Å². The fraction of sp³-hybridized carbons (Fsp3) is 0.500. The molecule has 0 radical (unpaired) electrons. The molecule has 1 aliphatic heterocycles. The van der Waals surface area contributed by atoms with Gasteiger partial charge in [-0.25, -0.2) is 9.67 Å². The largest absolute Gasteiger partial charge is 0.378 e. The Bertz CT molecular complexity index is 736. The molecule has 0 spiro atoms. The molecule has 24 heavy (non-hydrogen) atoms. The molecule has 0 aliphatic carbocycles. The maximum absolute atomic E-state index is 11.6. The van der Waals surface area contributed by atoms with Crippen molar-refractivity contribution in [2.75, 3.05) is 25.1 Å². The minimum Gasteiger partial charge on any atom is -0.378 e. The van der Waals surface area contributed by atoms with E-state index in [1.807, 2.05) is 6.92 Å². The molecule has 128 valence electrons. The highest BCUT2D eigenvalue weighted by molar-refractivity contribution is 5.93. The van der Waals surface area contributed by atoms with E-state index in [1.165, 1.54) is 23.9 Å². The number of carbonyl (C=O) groups excluding carboxylic acids is 1. The van der Waals surface area contributed by atoms with E-state index in [0.717, 1.165) is 24.5 Å². The molecule has 1 fully saturated rings. The normalized spacial score (nSPS) is 14.8. The first-order valence-electron chi connectivity index (χ1n) is 8.06. The van der Waals surface area contributed by atoms with Gasteiger partial charge in [0.2, 0.25) is 0 Å². The molecule has 0 bridgehead atoms. The second-order valence-corrected chi connectivity index (χ2v) is 5.96. The molecular weight excluding hydrogens is 308 g/mol. The average Bonchev–Trinajstić information content (AvgIpc) is 3.01. The van der Waals surface area contributed by atoms with Crippen LogP contribution in [0.4, 0.5) is 5.82 Å². The third-order valence-corrected chi connectivity index (χ3v) is 4.13. The second kappa shape index (κ2) is 6.96. The molecule has 1 saturated heterocycles. The van der Waals surface area contributed by atoms with Gasteiger partial charge in [-0.3, -0.25) is 4.79 Å². The fourth-order valence-electron chi connectivity index (χ4n) is 2.92. The summed E-state index contributed by atoms with van der Waals surface area (Å²) in [6, 6.07) is 0. The van der Waals surface area contributed by atoms with Gasteiger partial charge in [0, 0.05) is 38.2 Å². The van der Waals surface area contributed by atoms with Gasteiger partial charge in [-0.2, -0.15) is 10.1 Å². The zero-order valence-corrected chi connectivity index (χ0v) is 14.0. The summed E-state index contributed by atoms with van der Waals surface area (Å²) in [6.07, 6.45) is 6.94. The van der Waals surface area contributed by atoms with Crippen LogP contribution in [0.1, 0.15) is 40.9 Å². The predicted octanol–water partition coefficient (Wildman–Crippen LogP) is 1.21. The van der Waals surface area contributed by atoms with Crippen molar-refractivity contribution < 1.29 is 9.53 Å². The second-order valence-electron chi connectivity index (χ2n) is 5.96. The van der Waals surface area contributed by atoms with Gasteiger partial charge in [0.25, 0.3) is 11.9 Å². The highest BCUT2D eigenvalue weighted by Crippen LogP contribution is 2.22. The maximum atomic E-state index is 11.6. The van der Waals surface area contributed by atoms with Crippen LogP contribution in [0.3, 0.4) is 0 Å². The summed E-state index contributed by atoms with van der Waals surface area (Å²) in [7, 11) is 1.54. The highest BCUT2D eigenvalue weighted by atomic mass is 16.5. The van der Waals surface area contributed by atoms with Crippen LogP contribution in [-0.4, -0.2) is 45.9 Å². The van der Waals surface area contributed by atoms with Crippen molar-refractivity contribution in [2.24, 2.45) is 5.73 Å². The summed E-state index contributed by atoms with van der Waals surface area (Å²) in [6.45, 7) is 4.20. The van der Waals surface area contributed by atoms with Crippen LogP contribution in [0.15, 0.2) is 12.4 Å². The molecular formula is C16H22N6O2. The molecule has 2 N–H and O–H groups in total. The zero-order valence-electron chi connectivity index (χ0n) is 14.0. The van der Waals surface area contributed by atoms with E-state index >= 15 is 0 Å². The molecule has 8 nitrogen and oxygen atoms in total. The molecule has 2 aromatic heterocycles. The third kappa shape index (κ3) is 3.23. The molecule has 8 heteroatoms. The Hall–Kier alpha value is -2.48. The van der Waals surface area contributed by atoms with Gasteiger partial charge in [-0.05, 0) is 26.2 Å². The summed E-state index contributed by atoms with van der Waals surface area (Å²) in [5, 5.41) is 4.35. The number of nitrogens with zero attached hydrogens (tertiary/aromatic N) is 5. The molecule has 3 heterocycles. The third-order valence-electron chi connectivity index (χ3n) is 4.13. The first kappa shape index (κ1) is 16.4. The fourth-order valence-corrected chi connectivity index (χ4v) is 2.92. The minimum atomic E-state index is -0.545. The Labute approximate surface area is 140 Å². The lowest BCUT2D eigenvalue weighted by atomic mass is 10.1. The number of amides is 1. The van der Waals surface area contributed by atoms with Crippen molar-refractivity contribution in [1.82, 2.24) is 19.7 Å².